The minimum Gasteiger partial charge on any atom is -0.490 e. The van der Waals surface area contributed by atoms with Crippen LogP contribution in [0.15, 0.2) is 66.7 Å². The van der Waals surface area contributed by atoms with Crippen LogP contribution in [0.2, 0.25) is 0 Å². The number of halogens is 1. The Balaban J connectivity index is 1.54. The molecule has 0 aliphatic rings. The maximum atomic E-state index is 14.4. The number of carboxylic acid groups (broad SMARTS) is 1. The van der Waals surface area contributed by atoms with Crippen LogP contribution in [0.4, 0.5) is 4.39 Å². The molecule has 0 unspecified atom stereocenters. The predicted molar refractivity (Wildman–Crippen MR) is 139 cm³/mol. The number of carboxylic acids is 1. The first-order valence-electron chi connectivity index (χ1n) is 12.2. The summed E-state index contributed by atoms with van der Waals surface area (Å²) in [5, 5.41) is 14.4. The summed E-state index contributed by atoms with van der Waals surface area (Å²) in [7, 11) is 0. The molecule has 3 aromatic carbocycles. The third-order valence-electron chi connectivity index (χ3n) is 6.06. The van der Waals surface area contributed by atoms with E-state index in [1.54, 1.807) is 22.8 Å². The van der Waals surface area contributed by atoms with Crippen molar-refractivity contribution in [3.63, 3.8) is 0 Å². The molecule has 0 spiro atoms. The molecule has 0 saturated carbocycles. The molecule has 188 valence electrons. The van der Waals surface area contributed by atoms with Crippen molar-refractivity contribution in [2.24, 2.45) is 0 Å². The number of rotatable bonds is 12. The lowest BCUT2D eigenvalue weighted by atomic mass is 10.1. The van der Waals surface area contributed by atoms with Crippen molar-refractivity contribution in [1.29, 1.82) is 0 Å². The zero-order valence-corrected chi connectivity index (χ0v) is 20.6. The lowest BCUT2D eigenvalue weighted by Crippen LogP contribution is -2.19. The van der Waals surface area contributed by atoms with Gasteiger partial charge in [-0.3, -0.25) is 0 Å². The number of aromatic carboxylic acids is 1. The Kier molecular flexibility index (Phi) is 8.23. The number of benzene rings is 3. The van der Waals surface area contributed by atoms with Crippen molar-refractivity contribution in [2.75, 3.05) is 19.8 Å². The molecule has 4 rings (SSSR count). The second kappa shape index (κ2) is 11.7. The van der Waals surface area contributed by atoms with Gasteiger partial charge in [-0.15, -0.1) is 0 Å². The van der Waals surface area contributed by atoms with Gasteiger partial charge >= 0.3 is 5.97 Å². The highest BCUT2D eigenvalue weighted by Gasteiger charge is 2.22. The van der Waals surface area contributed by atoms with Crippen LogP contribution >= 0.6 is 0 Å². The Labute approximate surface area is 210 Å². The predicted octanol–water partition coefficient (Wildman–Crippen LogP) is 5.66. The smallest absolute Gasteiger partial charge is 0.352 e. The molecular formula is C29H31FN2O4. The van der Waals surface area contributed by atoms with Crippen LogP contribution < -0.4 is 14.8 Å². The highest BCUT2D eigenvalue weighted by atomic mass is 19.1. The van der Waals surface area contributed by atoms with Crippen LogP contribution in [0.5, 0.6) is 11.5 Å². The summed E-state index contributed by atoms with van der Waals surface area (Å²) in [6, 6.07) is 19.9. The van der Waals surface area contributed by atoms with Crippen molar-refractivity contribution >= 4 is 16.9 Å². The van der Waals surface area contributed by atoms with Crippen molar-refractivity contribution in [3.8, 4) is 11.5 Å². The van der Waals surface area contributed by atoms with Gasteiger partial charge < -0.3 is 24.5 Å². The summed E-state index contributed by atoms with van der Waals surface area (Å²) in [6.45, 7) is 6.15. The highest BCUT2D eigenvalue weighted by molar-refractivity contribution is 5.98. The molecule has 6 nitrogen and oxygen atoms in total. The quantitative estimate of drug-likeness (QED) is 0.251. The minimum absolute atomic E-state index is 0.140. The average Bonchev–Trinajstić information content (AvgIpc) is 3.18. The minimum atomic E-state index is -1.03. The molecule has 7 heteroatoms. The summed E-state index contributed by atoms with van der Waals surface area (Å²) < 4.78 is 27.4. The molecule has 0 amide bonds. The number of para-hydroxylation sites is 1. The molecule has 0 aliphatic heterocycles. The van der Waals surface area contributed by atoms with E-state index in [1.807, 2.05) is 56.3 Å². The first kappa shape index (κ1) is 25.3. The molecule has 0 atom stereocenters. The first-order chi connectivity index (χ1) is 17.5. The number of aromatic nitrogens is 1. The maximum Gasteiger partial charge on any atom is 0.352 e. The topological polar surface area (TPSA) is 72.7 Å². The molecule has 0 radical (unpaired) electrons. The van der Waals surface area contributed by atoms with E-state index in [0.717, 1.165) is 34.4 Å². The second-order valence-electron chi connectivity index (χ2n) is 8.40. The number of nitrogens with zero attached hydrogens (tertiary/aromatic N) is 1. The van der Waals surface area contributed by atoms with E-state index in [2.05, 4.69) is 5.32 Å². The van der Waals surface area contributed by atoms with E-state index < -0.39 is 5.97 Å². The van der Waals surface area contributed by atoms with Crippen molar-refractivity contribution in [2.45, 2.75) is 33.4 Å². The van der Waals surface area contributed by atoms with Crippen molar-refractivity contribution < 1.29 is 23.8 Å². The fraction of sp³-hybridized carbons (Fsp3) is 0.276. The van der Waals surface area contributed by atoms with Gasteiger partial charge in [0.1, 0.15) is 11.5 Å². The van der Waals surface area contributed by atoms with Gasteiger partial charge in [0, 0.05) is 28.6 Å². The molecular weight excluding hydrogens is 459 g/mol. The largest absolute Gasteiger partial charge is 0.490 e. The van der Waals surface area contributed by atoms with E-state index in [4.69, 9.17) is 9.47 Å². The van der Waals surface area contributed by atoms with Gasteiger partial charge in [-0.1, -0.05) is 42.5 Å². The molecule has 0 aliphatic carbocycles. The third kappa shape index (κ3) is 5.52. The van der Waals surface area contributed by atoms with Crippen LogP contribution in [0, 0.1) is 5.82 Å². The zero-order valence-electron chi connectivity index (χ0n) is 20.6. The Morgan fingerprint density at radius 1 is 0.972 bits per heavy atom. The fourth-order valence-electron chi connectivity index (χ4n) is 4.46. The number of hydrogen-bond donors (Lipinski definition) is 2. The molecule has 4 aromatic rings. The van der Waals surface area contributed by atoms with Crippen LogP contribution in [-0.2, 0) is 19.5 Å². The van der Waals surface area contributed by atoms with Crippen molar-refractivity contribution in [1.82, 2.24) is 9.88 Å². The van der Waals surface area contributed by atoms with Crippen LogP contribution in [0.25, 0.3) is 10.9 Å². The lowest BCUT2D eigenvalue weighted by Gasteiger charge is -2.13. The van der Waals surface area contributed by atoms with E-state index >= 15 is 0 Å². The zero-order chi connectivity index (χ0) is 25.5. The number of nitrogens with one attached hydrogen (secondary N) is 1. The first-order valence-corrected chi connectivity index (χ1v) is 12.2. The van der Waals surface area contributed by atoms with Gasteiger partial charge in [-0.2, -0.15) is 0 Å². The molecule has 1 heterocycles. The molecule has 0 saturated heterocycles. The summed E-state index contributed by atoms with van der Waals surface area (Å²) in [5.74, 6) is 0.0614. The number of hydrogen-bond acceptors (Lipinski definition) is 4. The second-order valence-corrected chi connectivity index (χ2v) is 8.40. The fourth-order valence-corrected chi connectivity index (χ4v) is 4.46. The van der Waals surface area contributed by atoms with Gasteiger partial charge in [0.25, 0.3) is 0 Å². The molecule has 0 bridgehead atoms. The SMILES string of the molecule is CCOc1ccc(CCNCc2c(C(=O)O)n(Cc3ccccc3F)c3ccccc23)cc1OCC. The molecule has 2 N–H and O–H groups in total. The van der Waals surface area contributed by atoms with Crippen LogP contribution in [0.1, 0.15) is 41.0 Å². The van der Waals surface area contributed by atoms with Gasteiger partial charge in [-0.25, -0.2) is 9.18 Å². The lowest BCUT2D eigenvalue weighted by molar-refractivity contribution is 0.0684. The normalized spacial score (nSPS) is 11.1. The van der Waals surface area contributed by atoms with Crippen LogP contribution in [0.3, 0.4) is 0 Å². The number of carbonyl (C=O) groups is 1. The van der Waals surface area contributed by atoms with E-state index in [9.17, 15) is 14.3 Å². The van der Waals surface area contributed by atoms with Crippen molar-refractivity contribution in [3.05, 3.63) is 94.9 Å². The molecule has 0 fully saturated rings. The monoisotopic (exact) mass is 490 g/mol. The van der Waals surface area contributed by atoms with E-state index in [0.29, 0.717) is 37.4 Å². The maximum absolute atomic E-state index is 14.4. The highest BCUT2D eigenvalue weighted by Crippen LogP contribution is 2.30. The van der Waals surface area contributed by atoms with Gasteiger partial charge in [0.05, 0.1) is 19.8 Å². The van der Waals surface area contributed by atoms with Crippen LogP contribution in [-0.4, -0.2) is 35.4 Å². The number of ether oxygens (including phenoxy) is 2. The summed E-state index contributed by atoms with van der Waals surface area (Å²) in [6.07, 6.45) is 0.739. The molecule has 1 aromatic heterocycles. The molecule has 36 heavy (non-hydrogen) atoms. The number of fused-ring (bicyclic) bond motifs is 1. The summed E-state index contributed by atoms with van der Waals surface area (Å²) >= 11 is 0. The Morgan fingerprint density at radius 3 is 2.44 bits per heavy atom. The Bertz CT molecular complexity index is 1350. The van der Waals surface area contributed by atoms with Gasteiger partial charge in [0.15, 0.2) is 11.5 Å². The summed E-state index contributed by atoms with van der Waals surface area (Å²) in [5.41, 5.74) is 3.17. The average molecular weight is 491 g/mol. The van der Waals surface area contributed by atoms with E-state index in [-0.39, 0.29) is 18.1 Å². The Morgan fingerprint density at radius 2 is 1.69 bits per heavy atom. The van der Waals surface area contributed by atoms with Gasteiger partial charge in [-0.05, 0) is 56.6 Å². The summed E-state index contributed by atoms with van der Waals surface area (Å²) in [4.78, 5) is 12.4. The van der Waals surface area contributed by atoms with E-state index in [1.165, 1.54) is 6.07 Å². The standard InChI is InChI=1S/C29H31FN2O4/c1-3-35-26-14-13-20(17-27(26)36-4-2)15-16-31-18-23-22-10-6-8-12-25(22)32(28(23)29(33)34)19-21-9-5-7-11-24(21)30/h5-14,17,31H,3-4,15-16,18-19H2,1-2H3,(H,33,34). The van der Waals surface area contributed by atoms with Gasteiger partial charge in [0.2, 0.25) is 0 Å². The third-order valence-corrected chi connectivity index (χ3v) is 6.06. The Hall–Kier alpha value is -3.84.